The number of anilines is 1. The summed E-state index contributed by atoms with van der Waals surface area (Å²) in [6.07, 6.45) is 2.59. The lowest BCUT2D eigenvalue weighted by atomic mass is 9.83. The number of carboxylic acids is 1. The van der Waals surface area contributed by atoms with E-state index in [9.17, 15) is 13.8 Å². The number of aromatic carboxylic acids is 1. The first-order chi connectivity index (χ1) is 16.1. The normalized spacial score (nSPS) is 14.5. The summed E-state index contributed by atoms with van der Waals surface area (Å²) in [7, 11) is 0. The van der Waals surface area contributed by atoms with Gasteiger partial charge < -0.3 is 14.6 Å². The van der Waals surface area contributed by atoms with Crippen molar-refractivity contribution in [2.24, 2.45) is 5.41 Å². The van der Waals surface area contributed by atoms with Crippen molar-refractivity contribution in [2.45, 2.75) is 63.2 Å². The van der Waals surface area contributed by atoms with Gasteiger partial charge in [0.1, 0.15) is 18.0 Å². The highest BCUT2D eigenvalue weighted by atomic mass is 32.2. The number of carboxylic acid groups (broad SMARTS) is 1. The van der Waals surface area contributed by atoms with Gasteiger partial charge in [0.25, 0.3) is 0 Å². The van der Waals surface area contributed by atoms with Crippen molar-refractivity contribution < 1.29 is 32.7 Å². The molecule has 35 heavy (non-hydrogen) atoms. The number of nitrogens with zero attached hydrogens (tertiary/aromatic N) is 2. The molecule has 1 heterocycles. The first-order valence-electron chi connectivity index (χ1n) is 10.7. The Hall–Kier alpha value is -2.70. The van der Waals surface area contributed by atoms with Gasteiger partial charge in [-0.05, 0) is 66.2 Å². The Morgan fingerprint density at radius 1 is 1.11 bits per heavy atom. The zero-order valence-electron chi connectivity index (χ0n) is 20.5. The van der Waals surface area contributed by atoms with Crippen LogP contribution in [0.4, 0.5) is 5.95 Å². The molecule has 0 aliphatic carbocycles. The van der Waals surface area contributed by atoms with Crippen LogP contribution in [0.5, 0.6) is 5.75 Å². The molecule has 2 N–H and O–H groups in total. The lowest BCUT2D eigenvalue weighted by Gasteiger charge is -2.34. The maximum Gasteiger partial charge on any atom is 0.338 e. The number of hydrogen-bond donors (Lipinski definition) is 3. The number of hydrogen-bond acceptors (Lipinski definition) is 10. The molecule has 1 aromatic carbocycles. The Morgan fingerprint density at radius 3 is 2.31 bits per heavy atom. The van der Waals surface area contributed by atoms with Gasteiger partial charge in [-0.2, -0.15) is 16.9 Å². The van der Waals surface area contributed by atoms with Gasteiger partial charge in [-0.1, -0.05) is 6.07 Å². The van der Waals surface area contributed by atoms with Crippen molar-refractivity contribution in [1.29, 1.82) is 0 Å². The molecule has 0 saturated heterocycles. The molecule has 0 radical (unpaired) electrons. The van der Waals surface area contributed by atoms with Crippen LogP contribution in [-0.4, -0.2) is 48.2 Å². The smallest absolute Gasteiger partial charge is 0.338 e. The Bertz CT molecular complexity index is 1070. The minimum absolute atomic E-state index is 0.0470. The molecule has 0 bridgehead atoms. The van der Waals surface area contributed by atoms with Crippen LogP contribution < -0.4 is 10.2 Å². The van der Waals surface area contributed by atoms with E-state index in [4.69, 9.17) is 31.5 Å². The third-order valence-corrected chi connectivity index (χ3v) is 5.59. The van der Waals surface area contributed by atoms with E-state index in [2.05, 4.69) is 15.4 Å². The molecule has 2 atom stereocenters. The summed E-state index contributed by atoms with van der Waals surface area (Å²) in [5.41, 5.74) is 0.873. The number of nitrogens with one attached hydrogen (secondary N) is 1. The van der Waals surface area contributed by atoms with Crippen molar-refractivity contribution in [3.63, 3.8) is 0 Å². The van der Waals surface area contributed by atoms with Gasteiger partial charge >= 0.3 is 11.9 Å². The Morgan fingerprint density at radius 2 is 1.74 bits per heavy atom. The van der Waals surface area contributed by atoms with Crippen LogP contribution in [0.15, 0.2) is 41.6 Å². The number of benzene rings is 1. The number of rotatable bonds is 11. The minimum Gasteiger partial charge on any atom is -0.492 e. The summed E-state index contributed by atoms with van der Waals surface area (Å²) in [5.74, 6) is -1.08. The molecule has 0 amide bonds. The van der Waals surface area contributed by atoms with Crippen molar-refractivity contribution in [3.8, 4) is 5.75 Å². The van der Waals surface area contributed by atoms with Gasteiger partial charge in [-0.15, -0.1) is 0 Å². The third-order valence-electron chi connectivity index (χ3n) is 4.43. The van der Waals surface area contributed by atoms with Gasteiger partial charge in [0.15, 0.2) is 0 Å². The number of aromatic nitrogens is 2. The first kappa shape index (κ1) is 28.5. The predicted molar refractivity (Wildman–Crippen MR) is 134 cm³/mol. The largest absolute Gasteiger partial charge is 0.492 e. The number of carbonyl (C=O) groups excluding carboxylic acids is 1. The molecular formula is C23H31N3O7S2. The second-order valence-electron chi connectivity index (χ2n) is 9.84. The molecule has 10 nitrogen and oxygen atoms in total. The Kier molecular flexibility index (Phi) is 9.26. The molecule has 0 aliphatic rings. The molecule has 192 valence electrons. The molecule has 1 aromatic heterocycles. The van der Waals surface area contributed by atoms with E-state index >= 15 is 0 Å². The molecular weight excluding hydrogens is 494 g/mol. The van der Waals surface area contributed by atoms with E-state index in [0.717, 1.165) is 12.4 Å². The highest BCUT2D eigenvalue weighted by molar-refractivity contribution is 7.81. The number of esters is 1. The summed E-state index contributed by atoms with van der Waals surface area (Å²) in [6.45, 7) is 11.1. The molecule has 0 aliphatic heterocycles. The molecule has 0 saturated carbocycles. The van der Waals surface area contributed by atoms with Crippen LogP contribution in [0, 0.1) is 5.41 Å². The van der Waals surface area contributed by atoms with Gasteiger partial charge in [0, 0.05) is 17.1 Å². The SMILES string of the molecule is CC(S)(COc1cccc(S(=O)ONc2ncc(C(=O)O)cn2)c1)CC(C)(C)C(=O)OC(C)(C)C. The van der Waals surface area contributed by atoms with Crippen LogP contribution in [0.2, 0.25) is 0 Å². The fraction of sp³-hybridized carbons (Fsp3) is 0.478. The van der Waals surface area contributed by atoms with Gasteiger partial charge in [0.2, 0.25) is 17.0 Å². The Labute approximate surface area is 212 Å². The summed E-state index contributed by atoms with van der Waals surface area (Å²) in [4.78, 5) is 31.3. The van der Waals surface area contributed by atoms with E-state index in [1.807, 2.05) is 41.5 Å². The van der Waals surface area contributed by atoms with Crippen molar-refractivity contribution >= 4 is 41.6 Å². The van der Waals surface area contributed by atoms with Crippen LogP contribution in [-0.2, 0) is 24.9 Å². The van der Waals surface area contributed by atoms with Crippen LogP contribution in [0.25, 0.3) is 0 Å². The topological polar surface area (TPSA) is 137 Å². The Balaban J connectivity index is 1.95. The third kappa shape index (κ3) is 9.46. The molecule has 0 fully saturated rings. The molecule has 0 spiro atoms. The number of ether oxygens (including phenoxy) is 2. The van der Waals surface area contributed by atoms with Gasteiger partial charge in [-0.25, -0.2) is 24.5 Å². The van der Waals surface area contributed by atoms with Gasteiger partial charge in [0.05, 0.1) is 15.9 Å². The summed E-state index contributed by atoms with van der Waals surface area (Å²) >= 11 is 2.77. The first-order valence-corrected chi connectivity index (χ1v) is 12.2. The second kappa shape index (κ2) is 11.4. The highest BCUT2D eigenvalue weighted by Crippen LogP contribution is 2.35. The molecule has 12 heteroatoms. The second-order valence-corrected chi connectivity index (χ2v) is 12.0. The average molecular weight is 526 g/mol. The standard InChI is InChI=1S/C23H31N3O7S2/c1-21(2,3)32-19(29)22(4,5)13-23(6,34)14-31-16-8-7-9-17(10-16)35(30)33-26-20-24-11-15(12-25-20)18(27)28/h7-12,34H,13-14H2,1-6H3,(H,27,28)(H,24,25,26). The fourth-order valence-electron chi connectivity index (χ4n) is 3.01. The van der Waals surface area contributed by atoms with Crippen molar-refractivity contribution in [2.75, 3.05) is 12.1 Å². The highest BCUT2D eigenvalue weighted by Gasteiger charge is 2.38. The summed E-state index contributed by atoms with van der Waals surface area (Å²) in [5, 5.41) is 8.87. The zero-order valence-corrected chi connectivity index (χ0v) is 22.2. The fourth-order valence-corrected chi connectivity index (χ4v) is 4.12. The van der Waals surface area contributed by atoms with Crippen molar-refractivity contribution in [3.05, 3.63) is 42.2 Å². The van der Waals surface area contributed by atoms with Crippen LogP contribution >= 0.6 is 12.6 Å². The predicted octanol–water partition coefficient (Wildman–Crippen LogP) is 4.07. The lowest BCUT2D eigenvalue weighted by molar-refractivity contribution is -0.166. The molecule has 2 unspecified atom stereocenters. The van der Waals surface area contributed by atoms with Crippen LogP contribution in [0.1, 0.15) is 58.3 Å². The van der Waals surface area contributed by atoms with Gasteiger partial charge in [-0.3, -0.25) is 4.79 Å². The number of carbonyl (C=O) groups is 2. The monoisotopic (exact) mass is 525 g/mol. The quantitative estimate of drug-likeness (QED) is 0.224. The van der Waals surface area contributed by atoms with Crippen molar-refractivity contribution in [1.82, 2.24) is 9.97 Å². The molecule has 2 rings (SSSR count). The molecule has 2 aromatic rings. The maximum absolute atomic E-state index is 12.6. The van der Waals surface area contributed by atoms with E-state index in [0.29, 0.717) is 17.1 Å². The summed E-state index contributed by atoms with van der Waals surface area (Å²) < 4.78 is 28.3. The van der Waals surface area contributed by atoms with Crippen LogP contribution in [0.3, 0.4) is 0 Å². The lowest BCUT2D eigenvalue weighted by Crippen LogP contribution is -2.40. The summed E-state index contributed by atoms with van der Waals surface area (Å²) in [6, 6.07) is 6.49. The van der Waals surface area contributed by atoms with E-state index in [1.165, 1.54) is 0 Å². The minimum atomic E-state index is -1.93. The average Bonchev–Trinajstić information content (AvgIpc) is 2.75. The van der Waals surface area contributed by atoms with E-state index < -0.39 is 32.8 Å². The number of thiol groups is 1. The van der Waals surface area contributed by atoms with E-state index in [-0.39, 0.29) is 24.1 Å². The van der Waals surface area contributed by atoms with E-state index in [1.54, 1.807) is 24.3 Å². The zero-order chi connectivity index (χ0) is 26.4. The maximum atomic E-state index is 12.6.